The highest BCUT2D eigenvalue weighted by atomic mass is 79.9. The van der Waals surface area contributed by atoms with Gasteiger partial charge in [0.1, 0.15) is 0 Å². The molecule has 1 aromatic carbocycles. The third-order valence-electron chi connectivity index (χ3n) is 1.29. The molecular formula is C8H7BrO2. The molecular weight excluding hydrogens is 208 g/mol. The van der Waals surface area contributed by atoms with E-state index in [0.717, 1.165) is 0 Å². The molecule has 0 amide bonds. The van der Waals surface area contributed by atoms with Crippen molar-refractivity contribution in [2.45, 2.75) is 0 Å². The van der Waals surface area contributed by atoms with Gasteiger partial charge in [-0.2, -0.15) is 0 Å². The van der Waals surface area contributed by atoms with Crippen molar-refractivity contribution in [3.8, 4) is 11.5 Å². The first-order valence-electron chi connectivity index (χ1n) is 3.03. The van der Waals surface area contributed by atoms with Crippen molar-refractivity contribution in [2.24, 2.45) is 0 Å². The first-order valence-corrected chi connectivity index (χ1v) is 3.95. The molecule has 2 N–H and O–H groups in total. The molecule has 0 saturated carbocycles. The summed E-state index contributed by atoms with van der Waals surface area (Å²) in [4.78, 5) is 1.61. The van der Waals surface area contributed by atoms with E-state index in [1.54, 1.807) is 23.2 Å². The number of hydrogen-bond acceptors (Lipinski definition) is 2. The molecule has 0 radical (unpaired) electrons. The maximum absolute atomic E-state index is 9.21. The van der Waals surface area contributed by atoms with Crippen LogP contribution in [0.3, 0.4) is 0 Å². The summed E-state index contributed by atoms with van der Waals surface area (Å²) in [6.45, 7) is 0. The minimum Gasteiger partial charge on any atom is -0.504 e. The van der Waals surface area contributed by atoms with E-state index < -0.39 is 0 Å². The van der Waals surface area contributed by atoms with Crippen LogP contribution >= 0.6 is 15.9 Å². The summed E-state index contributed by atoms with van der Waals surface area (Å²) >= 11 is 3.07. The van der Waals surface area contributed by atoms with Crippen LogP contribution < -0.4 is 0 Å². The van der Waals surface area contributed by atoms with E-state index in [9.17, 15) is 5.11 Å². The smallest absolute Gasteiger partial charge is 0.164 e. The van der Waals surface area contributed by atoms with Crippen molar-refractivity contribution in [2.75, 3.05) is 0 Å². The summed E-state index contributed by atoms with van der Waals surface area (Å²) < 4.78 is 0. The number of rotatable bonds is 1. The van der Waals surface area contributed by atoms with Gasteiger partial charge in [-0.25, -0.2) is 0 Å². The summed E-state index contributed by atoms with van der Waals surface area (Å²) in [7, 11) is 0. The first kappa shape index (κ1) is 8.14. The van der Waals surface area contributed by atoms with Gasteiger partial charge in [-0.3, -0.25) is 0 Å². The Kier molecular flexibility index (Phi) is 2.54. The second-order valence-corrected chi connectivity index (χ2v) is 2.54. The summed E-state index contributed by atoms with van der Waals surface area (Å²) in [6.07, 6.45) is 1.65. The number of aromatic hydroxyl groups is 2. The summed E-state index contributed by atoms with van der Waals surface area (Å²) in [5.41, 5.74) is 0.585. The van der Waals surface area contributed by atoms with E-state index in [0.29, 0.717) is 5.56 Å². The molecule has 0 heterocycles. The zero-order valence-electron chi connectivity index (χ0n) is 5.66. The lowest BCUT2D eigenvalue weighted by molar-refractivity contribution is 0.403. The fourth-order valence-corrected chi connectivity index (χ4v) is 1.04. The fraction of sp³-hybridized carbons (Fsp3) is 0. The molecule has 0 aliphatic rings. The molecule has 1 rings (SSSR count). The normalized spacial score (nSPS) is 10.6. The lowest BCUT2D eigenvalue weighted by atomic mass is 10.2. The number of halogens is 1. The van der Waals surface area contributed by atoms with Crippen LogP contribution in [0.1, 0.15) is 5.56 Å². The molecule has 0 atom stereocenters. The van der Waals surface area contributed by atoms with Crippen LogP contribution in [0.4, 0.5) is 0 Å². The predicted molar refractivity (Wildman–Crippen MR) is 47.7 cm³/mol. The Morgan fingerprint density at radius 1 is 1.27 bits per heavy atom. The van der Waals surface area contributed by atoms with Crippen molar-refractivity contribution < 1.29 is 10.2 Å². The van der Waals surface area contributed by atoms with E-state index >= 15 is 0 Å². The SMILES string of the molecule is Oc1cccc(/C=C/Br)c1O. The molecule has 11 heavy (non-hydrogen) atoms. The minimum atomic E-state index is -0.104. The Labute approximate surface area is 72.9 Å². The largest absolute Gasteiger partial charge is 0.504 e. The van der Waals surface area contributed by atoms with Gasteiger partial charge in [0.15, 0.2) is 11.5 Å². The third kappa shape index (κ3) is 1.74. The Bertz CT molecular complexity index is 281. The maximum Gasteiger partial charge on any atom is 0.164 e. The van der Waals surface area contributed by atoms with Gasteiger partial charge in [0.05, 0.1) is 0 Å². The lowest BCUT2D eigenvalue weighted by Gasteiger charge is -1.99. The molecule has 2 nitrogen and oxygen atoms in total. The predicted octanol–water partition coefficient (Wildman–Crippen LogP) is 2.46. The van der Waals surface area contributed by atoms with Gasteiger partial charge < -0.3 is 10.2 Å². The van der Waals surface area contributed by atoms with Crippen molar-refractivity contribution in [1.29, 1.82) is 0 Å². The van der Waals surface area contributed by atoms with Gasteiger partial charge in [0.25, 0.3) is 0 Å². The van der Waals surface area contributed by atoms with E-state index in [2.05, 4.69) is 15.9 Å². The fourth-order valence-electron chi connectivity index (χ4n) is 0.751. The van der Waals surface area contributed by atoms with Gasteiger partial charge in [0, 0.05) is 5.56 Å². The second kappa shape index (κ2) is 3.44. The van der Waals surface area contributed by atoms with E-state index in [1.165, 1.54) is 6.07 Å². The summed E-state index contributed by atoms with van der Waals surface area (Å²) in [5, 5.41) is 18.2. The number of phenolic OH excluding ortho intramolecular Hbond substituents is 2. The van der Waals surface area contributed by atoms with Crippen LogP contribution in [0.15, 0.2) is 23.2 Å². The van der Waals surface area contributed by atoms with Crippen LogP contribution in [-0.2, 0) is 0 Å². The van der Waals surface area contributed by atoms with Crippen molar-refractivity contribution in [3.05, 3.63) is 28.7 Å². The minimum absolute atomic E-state index is 0.0943. The molecule has 0 fully saturated rings. The van der Waals surface area contributed by atoms with Crippen LogP contribution in [0.25, 0.3) is 6.08 Å². The van der Waals surface area contributed by atoms with E-state index in [-0.39, 0.29) is 11.5 Å². The number of para-hydroxylation sites is 1. The molecule has 0 saturated heterocycles. The zero-order chi connectivity index (χ0) is 8.27. The molecule has 1 aromatic rings. The van der Waals surface area contributed by atoms with Crippen molar-refractivity contribution in [1.82, 2.24) is 0 Å². The van der Waals surface area contributed by atoms with Crippen LogP contribution in [0.5, 0.6) is 11.5 Å². The van der Waals surface area contributed by atoms with Crippen LogP contribution in [-0.4, -0.2) is 10.2 Å². The highest BCUT2D eigenvalue weighted by Gasteiger charge is 2.00. The van der Waals surface area contributed by atoms with E-state index in [1.807, 2.05) is 0 Å². The lowest BCUT2D eigenvalue weighted by Crippen LogP contribution is -1.73. The molecule has 0 aromatic heterocycles. The topological polar surface area (TPSA) is 40.5 Å². The molecule has 0 aliphatic heterocycles. The summed E-state index contributed by atoms with van der Waals surface area (Å²) in [6, 6.07) is 4.80. The van der Waals surface area contributed by atoms with Crippen molar-refractivity contribution in [3.63, 3.8) is 0 Å². The number of phenols is 2. The number of benzene rings is 1. The second-order valence-electron chi connectivity index (χ2n) is 2.01. The van der Waals surface area contributed by atoms with Crippen LogP contribution in [0.2, 0.25) is 0 Å². The molecule has 0 aliphatic carbocycles. The van der Waals surface area contributed by atoms with Gasteiger partial charge in [-0.15, -0.1) is 0 Å². The average Bonchev–Trinajstić information content (AvgIpc) is 1.99. The first-order chi connectivity index (χ1) is 5.25. The Hall–Kier alpha value is -0.960. The number of hydrogen-bond donors (Lipinski definition) is 2. The molecule has 0 unspecified atom stereocenters. The molecule has 3 heteroatoms. The molecule has 0 bridgehead atoms. The van der Waals surface area contributed by atoms with Gasteiger partial charge in [0.2, 0.25) is 0 Å². The highest BCUT2D eigenvalue weighted by Crippen LogP contribution is 2.29. The van der Waals surface area contributed by atoms with Gasteiger partial charge in [-0.05, 0) is 17.1 Å². The average molecular weight is 215 g/mol. The third-order valence-corrected chi connectivity index (χ3v) is 1.55. The maximum atomic E-state index is 9.21. The standard InChI is InChI=1S/C8H7BrO2/c9-5-4-6-2-1-3-7(10)8(6)11/h1-5,10-11H/b5-4+. The van der Waals surface area contributed by atoms with Crippen molar-refractivity contribution >= 4 is 22.0 Å². The Morgan fingerprint density at radius 2 is 2.00 bits per heavy atom. The van der Waals surface area contributed by atoms with E-state index in [4.69, 9.17) is 5.11 Å². The van der Waals surface area contributed by atoms with Gasteiger partial charge in [-0.1, -0.05) is 28.1 Å². The monoisotopic (exact) mass is 214 g/mol. The van der Waals surface area contributed by atoms with Crippen LogP contribution in [0, 0.1) is 0 Å². The Morgan fingerprint density at radius 3 is 2.64 bits per heavy atom. The molecule has 58 valence electrons. The Balaban J connectivity index is 3.16. The molecule has 0 spiro atoms. The summed E-state index contributed by atoms with van der Waals surface area (Å²) in [5.74, 6) is -0.198. The van der Waals surface area contributed by atoms with Gasteiger partial charge >= 0.3 is 0 Å². The highest BCUT2D eigenvalue weighted by molar-refractivity contribution is 9.11. The quantitative estimate of drug-likeness (QED) is 0.706. The zero-order valence-corrected chi connectivity index (χ0v) is 7.25.